The van der Waals surface area contributed by atoms with Crippen LogP contribution in [-0.4, -0.2) is 65.0 Å². The summed E-state index contributed by atoms with van der Waals surface area (Å²) >= 11 is 0. The lowest BCUT2D eigenvalue weighted by atomic mass is 10.2. The van der Waals surface area contributed by atoms with Crippen LogP contribution in [-0.2, 0) is 9.30 Å². The minimum absolute atomic E-state index is 0.0171. The standard InChI is InChI=1S/C10H13N5O4.CH5O3P/c11-10-13-8-7(9(18)14-10)12-3-15(8)6-1-4(17)5(2-16)19-6;1-5(2,3)4/h3-6,16-17H,1-2H2,(H3,11,13,14,18);1H3,(H2,2,3,4)/t4-,5+,6+;/m0./s1. The van der Waals surface area contributed by atoms with E-state index >= 15 is 0 Å². The summed E-state index contributed by atoms with van der Waals surface area (Å²) in [6, 6.07) is 0. The van der Waals surface area contributed by atoms with Crippen LogP contribution in [0.5, 0.6) is 0 Å². The van der Waals surface area contributed by atoms with E-state index in [-0.39, 0.29) is 30.1 Å². The molecule has 2 aromatic heterocycles. The summed E-state index contributed by atoms with van der Waals surface area (Å²) in [6.45, 7) is 0.577. The molecule has 2 aromatic rings. The Hall–Kier alpha value is -1.82. The second-order valence-electron chi connectivity index (χ2n) is 5.23. The zero-order valence-corrected chi connectivity index (χ0v) is 13.5. The maximum Gasteiger partial charge on any atom is 0.322 e. The zero-order valence-electron chi connectivity index (χ0n) is 12.6. The molecule has 7 N–H and O–H groups in total. The van der Waals surface area contributed by atoms with Crippen LogP contribution in [0.15, 0.2) is 11.1 Å². The molecule has 0 amide bonds. The molecule has 0 aliphatic carbocycles. The molecule has 1 aliphatic heterocycles. The van der Waals surface area contributed by atoms with Crippen molar-refractivity contribution in [3.8, 4) is 0 Å². The van der Waals surface area contributed by atoms with Crippen LogP contribution < -0.4 is 11.3 Å². The number of nitrogen functional groups attached to an aromatic ring is 1. The number of fused-ring (bicyclic) bond motifs is 1. The van der Waals surface area contributed by atoms with Crippen LogP contribution in [0.4, 0.5) is 5.95 Å². The predicted molar refractivity (Wildman–Crippen MR) is 82.1 cm³/mol. The molecular formula is C11H18N5O7P. The lowest BCUT2D eigenvalue weighted by Gasteiger charge is -2.13. The number of nitrogens with zero attached hydrogens (tertiary/aromatic N) is 3. The van der Waals surface area contributed by atoms with Gasteiger partial charge in [0.25, 0.3) is 5.56 Å². The lowest BCUT2D eigenvalue weighted by molar-refractivity contribution is -0.0432. The minimum atomic E-state index is -3.64. The Morgan fingerprint density at radius 2 is 2.17 bits per heavy atom. The van der Waals surface area contributed by atoms with Crippen molar-refractivity contribution < 1.29 is 29.3 Å². The number of H-pyrrole nitrogens is 1. The molecule has 0 unspecified atom stereocenters. The molecule has 0 aromatic carbocycles. The van der Waals surface area contributed by atoms with Crippen molar-refractivity contribution >= 4 is 24.7 Å². The van der Waals surface area contributed by atoms with Gasteiger partial charge in [-0.25, -0.2) is 4.98 Å². The maximum absolute atomic E-state index is 11.6. The zero-order chi connectivity index (χ0) is 18.1. The summed E-state index contributed by atoms with van der Waals surface area (Å²) < 4.78 is 16.3. The Kier molecular flexibility index (Phi) is 5.38. The number of ether oxygens (including phenoxy) is 1. The number of aliphatic hydroxyl groups excluding tert-OH is 2. The number of nitrogens with two attached hydrogens (primary N) is 1. The van der Waals surface area contributed by atoms with Gasteiger partial charge in [0.1, 0.15) is 12.3 Å². The van der Waals surface area contributed by atoms with Gasteiger partial charge in [0.05, 0.1) is 19.0 Å². The molecule has 3 rings (SSSR count). The summed E-state index contributed by atoms with van der Waals surface area (Å²) in [6.07, 6.45) is -0.270. The molecule has 0 saturated carbocycles. The first kappa shape index (κ1) is 18.5. The highest BCUT2D eigenvalue weighted by molar-refractivity contribution is 7.50. The molecule has 0 radical (unpaired) electrons. The smallest absolute Gasteiger partial charge is 0.322 e. The quantitative estimate of drug-likeness (QED) is 0.329. The fraction of sp³-hybridized carbons (Fsp3) is 0.545. The van der Waals surface area contributed by atoms with Crippen LogP contribution in [0.2, 0.25) is 0 Å². The van der Waals surface area contributed by atoms with E-state index < -0.39 is 31.6 Å². The number of hydrogen-bond acceptors (Lipinski definition) is 8. The molecule has 1 saturated heterocycles. The second kappa shape index (κ2) is 6.97. The third-order valence-electron chi connectivity index (χ3n) is 3.15. The van der Waals surface area contributed by atoms with Gasteiger partial charge < -0.3 is 30.5 Å². The van der Waals surface area contributed by atoms with E-state index in [1.807, 2.05) is 0 Å². The van der Waals surface area contributed by atoms with Crippen LogP contribution in [0.3, 0.4) is 0 Å². The summed E-state index contributed by atoms with van der Waals surface area (Å²) in [5, 5.41) is 18.8. The minimum Gasteiger partial charge on any atom is -0.394 e. The second-order valence-corrected chi connectivity index (χ2v) is 6.90. The highest BCUT2D eigenvalue weighted by Crippen LogP contribution is 2.30. The topological polar surface area (TPSA) is 197 Å². The molecule has 24 heavy (non-hydrogen) atoms. The predicted octanol–water partition coefficient (Wildman–Crippen LogP) is -1.86. The van der Waals surface area contributed by atoms with Gasteiger partial charge in [-0.05, 0) is 0 Å². The summed E-state index contributed by atoms with van der Waals surface area (Å²) in [7, 11) is -3.64. The molecule has 13 heteroatoms. The van der Waals surface area contributed by atoms with E-state index in [1.54, 1.807) is 0 Å². The largest absolute Gasteiger partial charge is 0.394 e. The average Bonchev–Trinajstić information content (AvgIpc) is 3.00. The van der Waals surface area contributed by atoms with Crippen molar-refractivity contribution in [2.45, 2.75) is 24.9 Å². The number of nitrogens with one attached hydrogen (secondary N) is 1. The number of imidazole rings is 1. The lowest BCUT2D eigenvalue weighted by Crippen LogP contribution is -2.24. The third-order valence-corrected chi connectivity index (χ3v) is 3.15. The average molecular weight is 363 g/mol. The molecule has 1 aliphatic rings. The number of hydrogen-bond donors (Lipinski definition) is 6. The van der Waals surface area contributed by atoms with Crippen LogP contribution >= 0.6 is 7.60 Å². The van der Waals surface area contributed by atoms with Crippen molar-refractivity contribution in [3.63, 3.8) is 0 Å². The summed E-state index contributed by atoms with van der Waals surface area (Å²) in [5.74, 6) is -0.0171. The monoisotopic (exact) mass is 363 g/mol. The van der Waals surface area contributed by atoms with E-state index in [4.69, 9.17) is 25.4 Å². The normalized spacial score (nSPS) is 24.0. The van der Waals surface area contributed by atoms with Crippen molar-refractivity contribution in [2.24, 2.45) is 0 Å². The highest BCUT2D eigenvalue weighted by atomic mass is 31.2. The fourth-order valence-electron chi connectivity index (χ4n) is 2.20. The van der Waals surface area contributed by atoms with Crippen molar-refractivity contribution in [2.75, 3.05) is 19.0 Å². The summed E-state index contributed by atoms with van der Waals surface area (Å²) in [5.41, 5.74) is 5.50. The van der Waals surface area contributed by atoms with Gasteiger partial charge in [-0.1, -0.05) is 0 Å². The van der Waals surface area contributed by atoms with Gasteiger partial charge in [0.2, 0.25) is 5.95 Å². The molecule has 0 bridgehead atoms. The SMILES string of the molecule is CP(=O)(O)O.Nc1nc2c(ncn2[C@H]2C[C@H](O)[C@@H](CO)O2)c(=O)[nH]1. The number of rotatable bonds is 2. The van der Waals surface area contributed by atoms with Crippen molar-refractivity contribution in [1.29, 1.82) is 0 Å². The van der Waals surface area contributed by atoms with E-state index in [1.165, 1.54) is 10.9 Å². The van der Waals surface area contributed by atoms with Crippen molar-refractivity contribution in [3.05, 3.63) is 16.7 Å². The maximum atomic E-state index is 11.6. The molecule has 12 nitrogen and oxygen atoms in total. The van der Waals surface area contributed by atoms with Crippen LogP contribution in [0, 0.1) is 0 Å². The summed E-state index contributed by atoms with van der Waals surface area (Å²) in [4.78, 5) is 37.2. The number of anilines is 1. The Morgan fingerprint density at radius 3 is 2.71 bits per heavy atom. The van der Waals surface area contributed by atoms with Crippen molar-refractivity contribution in [1.82, 2.24) is 19.5 Å². The number of aromatic nitrogens is 4. The van der Waals surface area contributed by atoms with Crippen LogP contribution in [0.1, 0.15) is 12.6 Å². The van der Waals surface area contributed by atoms with E-state index in [0.29, 0.717) is 0 Å². The van der Waals surface area contributed by atoms with Crippen LogP contribution in [0.25, 0.3) is 11.2 Å². The van der Waals surface area contributed by atoms with Gasteiger partial charge in [0, 0.05) is 13.1 Å². The molecule has 134 valence electrons. The van der Waals surface area contributed by atoms with E-state index in [0.717, 1.165) is 6.66 Å². The number of aromatic amines is 1. The van der Waals surface area contributed by atoms with Gasteiger partial charge >= 0.3 is 7.60 Å². The third kappa shape index (κ3) is 4.38. The first-order valence-corrected chi connectivity index (χ1v) is 8.86. The van der Waals surface area contributed by atoms with E-state index in [9.17, 15) is 14.5 Å². The first-order valence-electron chi connectivity index (χ1n) is 6.80. The van der Waals surface area contributed by atoms with Gasteiger partial charge in [-0.2, -0.15) is 4.98 Å². The van der Waals surface area contributed by atoms with Gasteiger partial charge in [-0.3, -0.25) is 18.9 Å². The van der Waals surface area contributed by atoms with Gasteiger partial charge in [0.15, 0.2) is 11.2 Å². The Balaban J connectivity index is 0.000000368. The Bertz CT molecular complexity index is 806. The first-order chi connectivity index (χ1) is 11.1. The highest BCUT2D eigenvalue weighted by Gasteiger charge is 2.35. The van der Waals surface area contributed by atoms with E-state index in [2.05, 4.69) is 15.0 Å². The number of aliphatic hydroxyl groups is 2. The Labute approximate surface area is 135 Å². The van der Waals surface area contributed by atoms with Gasteiger partial charge in [-0.15, -0.1) is 0 Å². The fourth-order valence-corrected chi connectivity index (χ4v) is 2.20. The molecule has 3 atom stereocenters. The molecular weight excluding hydrogens is 345 g/mol. The Morgan fingerprint density at radius 1 is 1.54 bits per heavy atom. The molecule has 0 spiro atoms. The molecule has 3 heterocycles. The molecule has 1 fully saturated rings.